The van der Waals surface area contributed by atoms with Gasteiger partial charge in [0.1, 0.15) is 5.69 Å². The number of morpholine rings is 1. The zero-order chi connectivity index (χ0) is 17.1. The molecule has 1 aliphatic heterocycles. The second kappa shape index (κ2) is 7.14. The van der Waals surface area contributed by atoms with Gasteiger partial charge in [-0.3, -0.25) is 9.78 Å². The molecule has 7 nitrogen and oxygen atoms in total. The maximum absolute atomic E-state index is 12.8. The van der Waals surface area contributed by atoms with E-state index in [1.54, 1.807) is 18.6 Å². The number of carbonyl (C=O) groups excluding carboxylic acids is 1. The van der Waals surface area contributed by atoms with Crippen LogP contribution < -0.4 is 4.74 Å². The predicted molar refractivity (Wildman–Crippen MR) is 89.1 cm³/mol. The minimum absolute atomic E-state index is 0.0618. The van der Waals surface area contributed by atoms with E-state index in [4.69, 9.17) is 9.47 Å². The normalized spacial score (nSPS) is 25.4. The van der Waals surface area contributed by atoms with Gasteiger partial charge >= 0.3 is 0 Å². The smallest absolute Gasteiger partial charge is 0.274 e. The Morgan fingerprint density at radius 2 is 2.20 bits per heavy atom. The lowest BCUT2D eigenvalue weighted by Gasteiger charge is -2.37. The van der Waals surface area contributed by atoms with Gasteiger partial charge in [-0.2, -0.15) is 0 Å². The topological polar surface area (TPSA) is 77.4 Å². The highest BCUT2D eigenvalue weighted by atomic mass is 16.5. The summed E-state index contributed by atoms with van der Waals surface area (Å²) in [6.07, 6.45) is 8.16. The lowest BCUT2D eigenvalue weighted by atomic mass is 10.1. The molecule has 1 saturated carbocycles. The number of carbonyl (C=O) groups is 1. The molecule has 0 N–H and O–H groups in total. The quantitative estimate of drug-likeness (QED) is 0.841. The summed E-state index contributed by atoms with van der Waals surface area (Å²) in [5.74, 6) is 0.899. The third kappa shape index (κ3) is 3.46. The molecule has 130 valence electrons. The average molecular weight is 340 g/mol. The van der Waals surface area contributed by atoms with Crippen molar-refractivity contribution in [3.8, 4) is 5.88 Å². The maximum Gasteiger partial charge on any atom is 0.274 e. The lowest BCUT2D eigenvalue weighted by molar-refractivity contribution is -0.0450. The van der Waals surface area contributed by atoms with Crippen LogP contribution in [0, 0.1) is 5.92 Å². The second-order valence-corrected chi connectivity index (χ2v) is 6.38. The van der Waals surface area contributed by atoms with Crippen LogP contribution in [0.4, 0.5) is 0 Å². The molecule has 2 aromatic heterocycles. The molecule has 1 amide bonds. The summed E-state index contributed by atoms with van der Waals surface area (Å²) in [6.45, 7) is 1.73. The zero-order valence-electron chi connectivity index (χ0n) is 13.8. The van der Waals surface area contributed by atoms with Gasteiger partial charge in [0.2, 0.25) is 5.88 Å². The van der Waals surface area contributed by atoms with Crippen LogP contribution in [0.15, 0.2) is 43.0 Å². The van der Waals surface area contributed by atoms with Gasteiger partial charge in [-0.05, 0) is 24.8 Å². The Balaban J connectivity index is 1.41. The Bertz CT molecular complexity index is 713. The molecule has 4 rings (SSSR count). The van der Waals surface area contributed by atoms with Crippen molar-refractivity contribution in [2.75, 3.05) is 19.8 Å². The van der Waals surface area contributed by atoms with Gasteiger partial charge < -0.3 is 14.4 Å². The fourth-order valence-corrected chi connectivity index (χ4v) is 3.63. The number of amides is 1. The molecular weight excluding hydrogens is 320 g/mol. The Labute approximate surface area is 146 Å². The first kappa shape index (κ1) is 16.0. The molecule has 7 heteroatoms. The number of pyridine rings is 1. The summed E-state index contributed by atoms with van der Waals surface area (Å²) in [4.78, 5) is 27.0. The zero-order valence-corrected chi connectivity index (χ0v) is 13.8. The summed E-state index contributed by atoms with van der Waals surface area (Å²) >= 11 is 0. The largest absolute Gasteiger partial charge is 0.477 e. The number of hydrogen-bond donors (Lipinski definition) is 0. The third-order valence-electron chi connectivity index (χ3n) is 4.78. The van der Waals surface area contributed by atoms with Crippen molar-refractivity contribution in [2.45, 2.75) is 25.0 Å². The van der Waals surface area contributed by atoms with Crippen molar-refractivity contribution in [3.05, 3.63) is 48.7 Å². The van der Waals surface area contributed by atoms with Crippen LogP contribution in [-0.2, 0) is 4.74 Å². The van der Waals surface area contributed by atoms with Crippen molar-refractivity contribution < 1.29 is 14.3 Å². The summed E-state index contributed by atoms with van der Waals surface area (Å²) in [6, 6.07) is 5.69. The van der Waals surface area contributed by atoms with Gasteiger partial charge in [-0.25, -0.2) is 9.97 Å². The van der Waals surface area contributed by atoms with Crippen molar-refractivity contribution in [1.29, 1.82) is 0 Å². The molecule has 0 aromatic carbocycles. The number of hydrogen-bond acceptors (Lipinski definition) is 6. The predicted octanol–water partition coefficient (Wildman–Crippen LogP) is 1.57. The highest BCUT2D eigenvalue weighted by Gasteiger charge is 2.43. The molecule has 1 saturated heterocycles. The first-order chi connectivity index (χ1) is 12.3. The van der Waals surface area contributed by atoms with Crippen molar-refractivity contribution in [3.63, 3.8) is 0 Å². The van der Waals surface area contributed by atoms with Crippen molar-refractivity contribution >= 4 is 5.91 Å². The molecular formula is C18H20N4O3. The van der Waals surface area contributed by atoms with Gasteiger partial charge in [0.15, 0.2) is 0 Å². The summed E-state index contributed by atoms with van der Waals surface area (Å²) in [7, 11) is 0. The summed E-state index contributed by atoms with van der Waals surface area (Å²) < 4.78 is 11.7. The summed E-state index contributed by atoms with van der Waals surface area (Å²) in [5, 5.41) is 0. The number of nitrogens with zero attached hydrogens (tertiary/aromatic N) is 4. The van der Waals surface area contributed by atoms with Gasteiger partial charge in [-0.1, -0.05) is 6.07 Å². The van der Waals surface area contributed by atoms with E-state index in [1.807, 2.05) is 23.1 Å². The standard InChI is InChI=1S/C18H20N4O3/c23-18(14-11-19-5-6-20-14)22-7-8-24-16-10-13(9-15(16)22)12-25-17-3-1-2-4-21-17/h1-6,11,13,15-16H,7-10,12H2/t13-,15-,16+/m0/s1. The van der Waals surface area contributed by atoms with Crippen molar-refractivity contribution in [2.24, 2.45) is 5.92 Å². The first-order valence-corrected chi connectivity index (χ1v) is 8.53. The number of rotatable bonds is 4. The molecule has 0 bridgehead atoms. The molecule has 2 fully saturated rings. The van der Waals surface area contributed by atoms with Gasteiger partial charge in [-0.15, -0.1) is 0 Å². The molecule has 2 aliphatic rings. The maximum atomic E-state index is 12.8. The van der Waals surface area contributed by atoms with Crippen molar-refractivity contribution in [1.82, 2.24) is 19.9 Å². The van der Waals surface area contributed by atoms with Gasteiger partial charge in [0.25, 0.3) is 5.91 Å². The lowest BCUT2D eigenvalue weighted by Crippen LogP contribution is -2.51. The number of ether oxygens (including phenoxy) is 2. The monoisotopic (exact) mass is 340 g/mol. The molecule has 3 atom stereocenters. The molecule has 0 radical (unpaired) electrons. The van der Waals surface area contributed by atoms with E-state index < -0.39 is 0 Å². The number of aromatic nitrogens is 3. The highest BCUT2D eigenvalue weighted by molar-refractivity contribution is 5.92. The molecule has 3 heterocycles. The van der Waals surface area contributed by atoms with Crippen LogP contribution in [0.5, 0.6) is 5.88 Å². The molecule has 0 unspecified atom stereocenters. The summed E-state index contributed by atoms with van der Waals surface area (Å²) in [5.41, 5.74) is 0.385. The molecule has 25 heavy (non-hydrogen) atoms. The van der Waals surface area contributed by atoms with Gasteiger partial charge in [0, 0.05) is 31.2 Å². The third-order valence-corrected chi connectivity index (χ3v) is 4.78. The van der Waals surface area contributed by atoms with E-state index in [2.05, 4.69) is 15.0 Å². The fraction of sp³-hybridized carbons (Fsp3) is 0.444. The Morgan fingerprint density at radius 1 is 1.24 bits per heavy atom. The first-order valence-electron chi connectivity index (χ1n) is 8.53. The Morgan fingerprint density at radius 3 is 3.00 bits per heavy atom. The minimum Gasteiger partial charge on any atom is -0.477 e. The van der Waals surface area contributed by atoms with Crippen LogP contribution in [-0.4, -0.2) is 57.7 Å². The van der Waals surface area contributed by atoms with E-state index in [1.165, 1.54) is 6.20 Å². The highest BCUT2D eigenvalue weighted by Crippen LogP contribution is 2.35. The van der Waals surface area contributed by atoms with Crippen LogP contribution >= 0.6 is 0 Å². The van der Waals surface area contributed by atoms with Crippen LogP contribution in [0.25, 0.3) is 0 Å². The van der Waals surface area contributed by atoms with E-state index in [9.17, 15) is 4.79 Å². The SMILES string of the molecule is O=C(c1cnccn1)N1CCO[C@@H]2C[C@@H](COc3ccccn3)C[C@@H]21. The Hall–Kier alpha value is -2.54. The average Bonchev–Trinajstić information content (AvgIpc) is 3.10. The van der Waals surface area contributed by atoms with E-state index >= 15 is 0 Å². The van der Waals surface area contributed by atoms with E-state index in [0.717, 1.165) is 12.8 Å². The minimum atomic E-state index is -0.0716. The molecule has 0 spiro atoms. The van der Waals surface area contributed by atoms with E-state index in [-0.39, 0.29) is 18.1 Å². The molecule has 2 aromatic rings. The van der Waals surface area contributed by atoms with Crippen LogP contribution in [0.3, 0.4) is 0 Å². The van der Waals surface area contributed by atoms with Crippen LogP contribution in [0.1, 0.15) is 23.3 Å². The second-order valence-electron chi connectivity index (χ2n) is 6.38. The molecule has 1 aliphatic carbocycles. The fourth-order valence-electron chi connectivity index (χ4n) is 3.63. The van der Waals surface area contributed by atoms with E-state index in [0.29, 0.717) is 37.3 Å². The van der Waals surface area contributed by atoms with Crippen LogP contribution in [0.2, 0.25) is 0 Å². The van der Waals surface area contributed by atoms with Gasteiger partial charge in [0.05, 0.1) is 31.6 Å². The number of fused-ring (bicyclic) bond motifs is 1. The Kier molecular flexibility index (Phi) is 4.56.